The zero-order valence-corrected chi connectivity index (χ0v) is 10.4. The summed E-state index contributed by atoms with van der Waals surface area (Å²) in [5.74, 6) is 0.304. The van der Waals surface area contributed by atoms with E-state index in [9.17, 15) is 4.79 Å². The second kappa shape index (κ2) is 3.31. The Hall–Kier alpha value is -1.37. The Morgan fingerprint density at radius 1 is 0.938 bits per heavy atom. The highest BCUT2D eigenvalue weighted by Gasteiger charge is 2.46. The molecule has 1 aliphatic carbocycles. The Labute approximate surface area is 97.2 Å². The smallest absolute Gasteiger partial charge is 0.152 e. The van der Waals surface area contributed by atoms with E-state index in [1.807, 2.05) is 45.9 Å². The molecule has 0 N–H and O–H groups in total. The van der Waals surface area contributed by atoms with E-state index in [4.69, 9.17) is 0 Å². The maximum Gasteiger partial charge on any atom is 0.152 e. The number of carbonyl (C=O) groups is 1. The highest BCUT2D eigenvalue weighted by Crippen LogP contribution is 2.48. The molecule has 0 heterocycles. The SMILES string of the molecule is CC1(C)C=C(c2ccccc2)C(C)(C)C1=O. The van der Waals surface area contributed by atoms with Crippen LogP contribution in [0.1, 0.15) is 33.3 Å². The summed E-state index contributed by atoms with van der Waals surface area (Å²) in [5.41, 5.74) is 1.61. The van der Waals surface area contributed by atoms with Gasteiger partial charge in [0.1, 0.15) is 0 Å². The average molecular weight is 214 g/mol. The van der Waals surface area contributed by atoms with Gasteiger partial charge in [0.25, 0.3) is 0 Å². The highest BCUT2D eigenvalue weighted by atomic mass is 16.1. The van der Waals surface area contributed by atoms with Gasteiger partial charge in [-0.2, -0.15) is 0 Å². The molecule has 0 aliphatic heterocycles. The van der Waals surface area contributed by atoms with Crippen LogP contribution in [0.2, 0.25) is 0 Å². The van der Waals surface area contributed by atoms with Crippen LogP contribution < -0.4 is 0 Å². The van der Waals surface area contributed by atoms with Crippen LogP contribution in [0.4, 0.5) is 0 Å². The number of allylic oxidation sites excluding steroid dienone is 2. The molecular formula is C15H18O. The summed E-state index contributed by atoms with van der Waals surface area (Å²) in [6.45, 7) is 8.02. The first-order chi connectivity index (χ1) is 7.36. The van der Waals surface area contributed by atoms with Crippen molar-refractivity contribution in [3.8, 4) is 0 Å². The van der Waals surface area contributed by atoms with Crippen molar-refractivity contribution in [2.45, 2.75) is 27.7 Å². The summed E-state index contributed by atoms with van der Waals surface area (Å²) in [6.07, 6.45) is 2.12. The van der Waals surface area contributed by atoms with Gasteiger partial charge < -0.3 is 0 Å². The molecule has 2 rings (SSSR count). The minimum atomic E-state index is -0.370. The van der Waals surface area contributed by atoms with E-state index in [0.717, 1.165) is 11.1 Å². The van der Waals surface area contributed by atoms with Gasteiger partial charge in [0.15, 0.2) is 5.78 Å². The molecule has 1 aliphatic rings. The molecule has 0 spiro atoms. The molecule has 0 fully saturated rings. The zero-order chi connectivity index (χ0) is 12.0. The second-order valence-electron chi connectivity index (χ2n) is 5.60. The van der Waals surface area contributed by atoms with E-state index >= 15 is 0 Å². The lowest BCUT2D eigenvalue weighted by Gasteiger charge is -2.24. The number of Topliss-reactive ketones (excluding diaryl/α,β-unsaturated/α-hetero) is 1. The molecule has 0 bridgehead atoms. The van der Waals surface area contributed by atoms with Crippen molar-refractivity contribution >= 4 is 11.4 Å². The molecule has 0 radical (unpaired) electrons. The van der Waals surface area contributed by atoms with Crippen LogP contribution in [-0.4, -0.2) is 5.78 Å². The van der Waals surface area contributed by atoms with Crippen LogP contribution in [0, 0.1) is 10.8 Å². The van der Waals surface area contributed by atoms with Crippen LogP contribution in [0.25, 0.3) is 5.57 Å². The molecule has 0 amide bonds. The molecule has 1 aromatic carbocycles. The number of benzene rings is 1. The van der Waals surface area contributed by atoms with E-state index in [1.54, 1.807) is 0 Å². The van der Waals surface area contributed by atoms with Gasteiger partial charge >= 0.3 is 0 Å². The lowest BCUT2D eigenvalue weighted by molar-refractivity contribution is -0.129. The number of hydrogen-bond donors (Lipinski definition) is 0. The molecule has 84 valence electrons. The van der Waals surface area contributed by atoms with Crippen molar-refractivity contribution in [3.63, 3.8) is 0 Å². The van der Waals surface area contributed by atoms with Crippen LogP contribution in [0.3, 0.4) is 0 Å². The van der Waals surface area contributed by atoms with Crippen LogP contribution >= 0.6 is 0 Å². The fraction of sp³-hybridized carbons (Fsp3) is 0.400. The van der Waals surface area contributed by atoms with Crippen LogP contribution in [-0.2, 0) is 4.79 Å². The van der Waals surface area contributed by atoms with Gasteiger partial charge in [-0.25, -0.2) is 0 Å². The standard InChI is InChI=1S/C15H18O/c1-14(2)10-12(15(3,4)13(14)16)11-8-6-5-7-9-11/h5-10H,1-4H3. The van der Waals surface area contributed by atoms with Crippen LogP contribution in [0.15, 0.2) is 36.4 Å². The molecule has 1 nitrogen and oxygen atoms in total. The molecule has 16 heavy (non-hydrogen) atoms. The van der Waals surface area contributed by atoms with Crippen LogP contribution in [0.5, 0.6) is 0 Å². The van der Waals surface area contributed by atoms with E-state index < -0.39 is 0 Å². The van der Waals surface area contributed by atoms with Gasteiger partial charge in [-0.3, -0.25) is 4.79 Å². The highest BCUT2D eigenvalue weighted by molar-refractivity contribution is 6.06. The van der Waals surface area contributed by atoms with Gasteiger partial charge in [0, 0.05) is 10.8 Å². The molecule has 0 saturated carbocycles. The molecule has 0 unspecified atom stereocenters. The van der Waals surface area contributed by atoms with E-state index in [0.29, 0.717) is 5.78 Å². The van der Waals surface area contributed by atoms with Crippen molar-refractivity contribution in [1.29, 1.82) is 0 Å². The number of ketones is 1. The lowest BCUT2D eigenvalue weighted by atomic mass is 9.77. The lowest BCUT2D eigenvalue weighted by Crippen LogP contribution is -2.29. The van der Waals surface area contributed by atoms with E-state index in [2.05, 4.69) is 18.2 Å². The fourth-order valence-electron chi connectivity index (χ4n) is 2.60. The van der Waals surface area contributed by atoms with Crippen molar-refractivity contribution in [1.82, 2.24) is 0 Å². The summed E-state index contributed by atoms with van der Waals surface area (Å²) < 4.78 is 0. The minimum Gasteiger partial charge on any atom is -0.298 e. The normalized spacial score (nSPS) is 22.0. The molecule has 1 heteroatoms. The first-order valence-corrected chi connectivity index (χ1v) is 5.69. The van der Waals surface area contributed by atoms with Gasteiger partial charge in [-0.05, 0) is 38.8 Å². The number of carbonyl (C=O) groups excluding carboxylic acids is 1. The van der Waals surface area contributed by atoms with Crippen molar-refractivity contribution in [3.05, 3.63) is 42.0 Å². The van der Waals surface area contributed by atoms with E-state index in [1.165, 1.54) is 0 Å². The largest absolute Gasteiger partial charge is 0.298 e. The summed E-state index contributed by atoms with van der Waals surface area (Å²) in [4.78, 5) is 12.3. The van der Waals surface area contributed by atoms with Crippen molar-refractivity contribution in [2.24, 2.45) is 10.8 Å². The Morgan fingerprint density at radius 2 is 1.50 bits per heavy atom. The summed E-state index contributed by atoms with van der Waals surface area (Å²) in [5, 5.41) is 0. The summed E-state index contributed by atoms with van der Waals surface area (Å²) >= 11 is 0. The van der Waals surface area contributed by atoms with E-state index in [-0.39, 0.29) is 10.8 Å². The Bertz CT molecular complexity index is 450. The Balaban J connectivity index is 2.55. The monoisotopic (exact) mass is 214 g/mol. The molecular weight excluding hydrogens is 196 g/mol. The van der Waals surface area contributed by atoms with Gasteiger partial charge in [0.2, 0.25) is 0 Å². The van der Waals surface area contributed by atoms with Crippen molar-refractivity contribution < 1.29 is 4.79 Å². The predicted molar refractivity (Wildman–Crippen MR) is 67.0 cm³/mol. The summed E-state index contributed by atoms with van der Waals surface area (Å²) in [6, 6.07) is 10.2. The predicted octanol–water partition coefficient (Wildman–Crippen LogP) is 3.71. The molecule has 0 atom stereocenters. The third-order valence-corrected chi connectivity index (χ3v) is 3.42. The first kappa shape index (κ1) is 11.1. The first-order valence-electron chi connectivity index (χ1n) is 5.69. The minimum absolute atomic E-state index is 0.304. The molecule has 1 aromatic rings. The third kappa shape index (κ3) is 1.51. The second-order valence-corrected chi connectivity index (χ2v) is 5.60. The Morgan fingerprint density at radius 3 is 1.94 bits per heavy atom. The number of rotatable bonds is 1. The quantitative estimate of drug-likeness (QED) is 0.696. The third-order valence-electron chi connectivity index (χ3n) is 3.42. The topological polar surface area (TPSA) is 17.1 Å². The molecule has 0 saturated heterocycles. The Kier molecular flexibility index (Phi) is 2.30. The van der Waals surface area contributed by atoms with Crippen molar-refractivity contribution in [2.75, 3.05) is 0 Å². The number of hydrogen-bond acceptors (Lipinski definition) is 1. The van der Waals surface area contributed by atoms with Gasteiger partial charge in [0.05, 0.1) is 0 Å². The fourth-order valence-corrected chi connectivity index (χ4v) is 2.60. The molecule has 0 aromatic heterocycles. The summed E-state index contributed by atoms with van der Waals surface area (Å²) in [7, 11) is 0. The average Bonchev–Trinajstić information content (AvgIpc) is 2.40. The van der Waals surface area contributed by atoms with Gasteiger partial charge in [-0.1, -0.05) is 36.4 Å². The zero-order valence-electron chi connectivity index (χ0n) is 10.4. The van der Waals surface area contributed by atoms with Gasteiger partial charge in [-0.15, -0.1) is 0 Å². The maximum atomic E-state index is 12.3. The maximum absolute atomic E-state index is 12.3.